The molecule has 1 atom stereocenters. The van der Waals surface area contributed by atoms with Gasteiger partial charge in [0.25, 0.3) is 0 Å². The predicted molar refractivity (Wildman–Crippen MR) is 77.2 cm³/mol. The number of anilines is 2. The summed E-state index contributed by atoms with van der Waals surface area (Å²) < 4.78 is 5.43. The number of hydrogen-bond acceptors (Lipinski definition) is 6. The number of aromatic nitrogens is 3. The third-order valence-corrected chi connectivity index (χ3v) is 2.53. The Morgan fingerprint density at radius 3 is 2.32 bits per heavy atom. The average Bonchev–Trinajstić information content (AvgIpc) is 2.24. The lowest BCUT2D eigenvalue weighted by Crippen LogP contribution is -2.19. The van der Waals surface area contributed by atoms with Gasteiger partial charge in [-0.15, -0.1) is 0 Å². The molecule has 108 valence electrons. The smallest absolute Gasteiger partial charge is 0.323 e. The zero-order valence-electron chi connectivity index (χ0n) is 12.5. The summed E-state index contributed by atoms with van der Waals surface area (Å²) in [6, 6.07) is 0.553. The summed E-state index contributed by atoms with van der Waals surface area (Å²) in [6.07, 6.45) is 2.22. The van der Waals surface area contributed by atoms with Crippen LogP contribution >= 0.6 is 0 Å². The van der Waals surface area contributed by atoms with Crippen LogP contribution in [0, 0.1) is 5.92 Å². The van der Waals surface area contributed by atoms with Gasteiger partial charge in [0.15, 0.2) is 0 Å². The minimum Gasteiger partial charge on any atom is -0.461 e. The van der Waals surface area contributed by atoms with Gasteiger partial charge in [-0.1, -0.05) is 13.8 Å². The maximum absolute atomic E-state index is 5.65. The van der Waals surface area contributed by atoms with Crippen LogP contribution in [0.1, 0.15) is 47.5 Å². The fourth-order valence-corrected chi connectivity index (χ4v) is 1.58. The van der Waals surface area contributed by atoms with E-state index in [2.05, 4.69) is 41.0 Å². The first-order chi connectivity index (χ1) is 8.86. The van der Waals surface area contributed by atoms with E-state index >= 15 is 0 Å². The van der Waals surface area contributed by atoms with Crippen LogP contribution in [0.5, 0.6) is 6.01 Å². The molecule has 6 heteroatoms. The number of rotatable bonds is 7. The van der Waals surface area contributed by atoms with Crippen LogP contribution in [-0.4, -0.2) is 27.1 Å². The Labute approximate surface area is 115 Å². The lowest BCUT2D eigenvalue weighted by Gasteiger charge is -2.15. The molecule has 1 aromatic heterocycles. The van der Waals surface area contributed by atoms with E-state index in [1.807, 2.05) is 13.8 Å². The average molecular weight is 267 g/mol. The Balaban J connectivity index is 2.64. The zero-order valence-corrected chi connectivity index (χ0v) is 12.5. The van der Waals surface area contributed by atoms with Crippen molar-refractivity contribution in [2.24, 2.45) is 5.92 Å². The van der Waals surface area contributed by atoms with E-state index in [-0.39, 0.29) is 24.1 Å². The summed E-state index contributed by atoms with van der Waals surface area (Å²) in [5, 5.41) is 3.23. The van der Waals surface area contributed by atoms with E-state index in [1.54, 1.807) is 0 Å². The van der Waals surface area contributed by atoms with Crippen LogP contribution < -0.4 is 15.8 Å². The van der Waals surface area contributed by atoms with Crippen molar-refractivity contribution in [1.29, 1.82) is 0 Å². The summed E-state index contributed by atoms with van der Waals surface area (Å²) in [5.41, 5.74) is 5.65. The number of nitrogens with two attached hydrogens (primary N) is 1. The maximum Gasteiger partial charge on any atom is 0.323 e. The summed E-state index contributed by atoms with van der Waals surface area (Å²) in [5.74, 6) is 1.33. The molecule has 1 unspecified atom stereocenters. The minimum atomic E-state index is 0.00742. The number of ether oxygens (including phenoxy) is 1. The Morgan fingerprint density at radius 2 is 1.74 bits per heavy atom. The Hall–Kier alpha value is -1.59. The van der Waals surface area contributed by atoms with Gasteiger partial charge < -0.3 is 15.8 Å². The Morgan fingerprint density at radius 1 is 1.05 bits per heavy atom. The second-order valence-corrected chi connectivity index (χ2v) is 5.48. The molecule has 3 N–H and O–H groups in total. The molecule has 1 heterocycles. The molecule has 0 radical (unpaired) electrons. The molecule has 0 aromatic carbocycles. The molecule has 0 spiro atoms. The van der Waals surface area contributed by atoms with Gasteiger partial charge in [0.05, 0.1) is 6.10 Å². The first-order valence-corrected chi connectivity index (χ1v) is 6.81. The Bertz CT molecular complexity index is 395. The standard InChI is InChI=1S/C13H25N5O/c1-8(2)6-7-10(5)15-12-16-11(14)17-13(18-12)19-9(3)4/h8-10H,6-7H2,1-5H3,(H3,14,15,16,17,18). The summed E-state index contributed by atoms with van der Waals surface area (Å²) >= 11 is 0. The van der Waals surface area contributed by atoms with Gasteiger partial charge in [-0.2, -0.15) is 15.0 Å². The van der Waals surface area contributed by atoms with Crippen LogP contribution in [-0.2, 0) is 0 Å². The largest absolute Gasteiger partial charge is 0.461 e. The molecule has 0 fully saturated rings. The zero-order chi connectivity index (χ0) is 14.4. The SMILES string of the molecule is CC(C)CCC(C)Nc1nc(N)nc(OC(C)C)n1. The van der Waals surface area contributed by atoms with E-state index in [0.717, 1.165) is 12.8 Å². The monoisotopic (exact) mass is 267 g/mol. The van der Waals surface area contributed by atoms with Gasteiger partial charge >= 0.3 is 6.01 Å². The molecule has 0 bridgehead atoms. The number of nitrogens with zero attached hydrogens (tertiary/aromatic N) is 3. The van der Waals surface area contributed by atoms with Crippen molar-refractivity contribution >= 4 is 11.9 Å². The molecule has 1 aromatic rings. The van der Waals surface area contributed by atoms with Crippen LogP contribution in [0.4, 0.5) is 11.9 Å². The van der Waals surface area contributed by atoms with Crippen molar-refractivity contribution < 1.29 is 4.74 Å². The van der Waals surface area contributed by atoms with Crippen molar-refractivity contribution in [1.82, 2.24) is 15.0 Å². The highest BCUT2D eigenvalue weighted by Crippen LogP contribution is 2.14. The number of hydrogen-bond donors (Lipinski definition) is 2. The van der Waals surface area contributed by atoms with Gasteiger partial charge in [0.1, 0.15) is 0 Å². The van der Waals surface area contributed by atoms with Crippen molar-refractivity contribution in [3.8, 4) is 6.01 Å². The second kappa shape index (κ2) is 7.11. The highest BCUT2D eigenvalue weighted by Gasteiger charge is 2.10. The van der Waals surface area contributed by atoms with E-state index in [1.165, 1.54) is 0 Å². The lowest BCUT2D eigenvalue weighted by atomic mass is 10.0. The predicted octanol–water partition coefficient (Wildman–Crippen LogP) is 2.48. The van der Waals surface area contributed by atoms with E-state index in [0.29, 0.717) is 11.9 Å². The normalized spacial score (nSPS) is 12.8. The number of nitrogen functional groups attached to an aromatic ring is 1. The summed E-state index contributed by atoms with van der Waals surface area (Å²) in [6.45, 7) is 10.4. The van der Waals surface area contributed by atoms with E-state index in [4.69, 9.17) is 10.5 Å². The van der Waals surface area contributed by atoms with Crippen LogP contribution in [0.25, 0.3) is 0 Å². The first kappa shape index (κ1) is 15.5. The van der Waals surface area contributed by atoms with Crippen LogP contribution in [0.15, 0.2) is 0 Å². The van der Waals surface area contributed by atoms with Crippen molar-refractivity contribution in [2.45, 2.75) is 59.6 Å². The molecule has 0 aliphatic carbocycles. The molecule has 6 nitrogen and oxygen atoms in total. The van der Waals surface area contributed by atoms with Crippen LogP contribution in [0.3, 0.4) is 0 Å². The molecule has 1 rings (SSSR count). The maximum atomic E-state index is 5.65. The fraction of sp³-hybridized carbons (Fsp3) is 0.769. The molecule has 19 heavy (non-hydrogen) atoms. The van der Waals surface area contributed by atoms with E-state index in [9.17, 15) is 0 Å². The van der Waals surface area contributed by atoms with Crippen molar-refractivity contribution in [3.05, 3.63) is 0 Å². The molecule has 0 saturated heterocycles. The quantitative estimate of drug-likeness (QED) is 0.789. The fourth-order valence-electron chi connectivity index (χ4n) is 1.58. The third kappa shape index (κ3) is 6.22. The number of nitrogens with one attached hydrogen (secondary N) is 1. The van der Waals surface area contributed by atoms with E-state index < -0.39 is 0 Å². The summed E-state index contributed by atoms with van der Waals surface area (Å²) in [4.78, 5) is 12.2. The van der Waals surface area contributed by atoms with Gasteiger partial charge in [-0.3, -0.25) is 0 Å². The molecule has 0 amide bonds. The topological polar surface area (TPSA) is 86.0 Å². The summed E-state index contributed by atoms with van der Waals surface area (Å²) in [7, 11) is 0. The lowest BCUT2D eigenvalue weighted by molar-refractivity contribution is 0.222. The van der Waals surface area contributed by atoms with Crippen molar-refractivity contribution in [2.75, 3.05) is 11.1 Å². The van der Waals surface area contributed by atoms with Gasteiger partial charge in [0.2, 0.25) is 11.9 Å². The molecular weight excluding hydrogens is 242 g/mol. The second-order valence-electron chi connectivity index (χ2n) is 5.48. The first-order valence-electron chi connectivity index (χ1n) is 6.81. The van der Waals surface area contributed by atoms with Crippen LogP contribution in [0.2, 0.25) is 0 Å². The van der Waals surface area contributed by atoms with Gasteiger partial charge in [0, 0.05) is 6.04 Å². The molecule has 0 aliphatic heterocycles. The molecule has 0 saturated carbocycles. The highest BCUT2D eigenvalue weighted by molar-refractivity contribution is 5.33. The van der Waals surface area contributed by atoms with Crippen molar-refractivity contribution in [3.63, 3.8) is 0 Å². The molecular formula is C13H25N5O. The highest BCUT2D eigenvalue weighted by atomic mass is 16.5. The van der Waals surface area contributed by atoms with Gasteiger partial charge in [-0.05, 0) is 39.5 Å². The van der Waals surface area contributed by atoms with Gasteiger partial charge in [-0.25, -0.2) is 0 Å². The Kier molecular flexibility index (Phi) is 5.79. The molecule has 0 aliphatic rings. The minimum absolute atomic E-state index is 0.00742. The third-order valence-electron chi connectivity index (χ3n) is 2.53.